The van der Waals surface area contributed by atoms with Crippen molar-refractivity contribution in [3.05, 3.63) is 35.1 Å². The van der Waals surface area contributed by atoms with Gasteiger partial charge < -0.3 is 10.2 Å². The molecule has 1 saturated heterocycles. The highest BCUT2D eigenvalue weighted by molar-refractivity contribution is 5.25. The summed E-state index contributed by atoms with van der Waals surface area (Å²) >= 11 is 0. The molecule has 0 radical (unpaired) electrons. The highest BCUT2D eigenvalue weighted by Gasteiger charge is 2.24. The number of benzene rings is 1. The number of likely N-dealkylation sites (tertiary alicyclic amines) is 1. The van der Waals surface area contributed by atoms with E-state index in [1.54, 1.807) is 13.0 Å². The Balaban J connectivity index is 1.94. The molecule has 1 aliphatic rings. The lowest BCUT2D eigenvalue weighted by molar-refractivity contribution is 0.153. The van der Waals surface area contributed by atoms with Gasteiger partial charge in [0.25, 0.3) is 0 Å². The lowest BCUT2D eigenvalue weighted by Crippen LogP contribution is -2.44. The Kier molecular flexibility index (Phi) is 5.77. The Morgan fingerprint density at radius 3 is 2.81 bits per heavy atom. The second-order valence-electron chi connectivity index (χ2n) is 6.48. The third kappa shape index (κ3) is 4.27. The molecule has 1 aliphatic heterocycles. The van der Waals surface area contributed by atoms with Gasteiger partial charge in [-0.15, -0.1) is 0 Å². The highest BCUT2D eigenvalue weighted by atomic mass is 19.1. The van der Waals surface area contributed by atoms with Gasteiger partial charge in [0.1, 0.15) is 5.82 Å². The maximum Gasteiger partial charge on any atom is 0.126 e. The van der Waals surface area contributed by atoms with Gasteiger partial charge in [0, 0.05) is 18.6 Å². The number of rotatable bonds is 5. The largest absolute Gasteiger partial charge is 0.307 e. The van der Waals surface area contributed by atoms with Crippen LogP contribution in [0.25, 0.3) is 0 Å². The van der Waals surface area contributed by atoms with Crippen LogP contribution in [0.5, 0.6) is 0 Å². The van der Waals surface area contributed by atoms with E-state index in [0.29, 0.717) is 17.5 Å². The van der Waals surface area contributed by atoms with Crippen molar-refractivity contribution in [3.8, 4) is 0 Å². The molecule has 3 atom stereocenters. The summed E-state index contributed by atoms with van der Waals surface area (Å²) in [6.07, 6.45) is 2.58. The average molecular weight is 292 g/mol. The van der Waals surface area contributed by atoms with Crippen LogP contribution >= 0.6 is 0 Å². The van der Waals surface area contributed by atoms with E-state index in [9.17, 15) is 4.39 Å². The maximum absolute atomic E-state index is 13.7. The van der Waals surface area contributed by atoms with Crippen molar-refractivity contribution in [1.29, 1.82) is 0 Å². The molecule has 1 aromatic carbocycles. The summed E-state index contributed by atoms with van der Waals surface area (Å²) in [7, 11) is 0. The lowest BCUT2D eigenvalue weighted by atomic mass is 9.90. The van der Waals surface area contributed by atoms with Gasteiger partial charge in [-0.1, -0.05) is 19.1 Å². The molecule has 1 N–H and O–H groups in total. The van der Waals surface area contributed by atoms with Gasteiger partial charge in [0.2, 0.25) is 0 Å². The Labute approximate surface area is 128 Å². The highest BCUT2D eigenvalue weighted by Crippen LogP contribution is 2.23. The molecule has 0 spiro atoms. The van der Waals surface area contributed by atoms with Crippen molar-refractivity contribution in [3.63, 3.8) is 0 Å². The molecule has 2 rings (SSSR count). The summed E-state index contributed by atoms with van der Waals surface area (Å²) in [4.78, 5) is 2.53. The predicted molar refractivity (Wildman–Crippen MR) is 87.0 cm³/mol. The first-order chi connectivity index (χ1) is 10.0. The van der Waals surface area contributed by atoms with Gasteiger partial charge in [-0.05, 0) is 69.8 Å². The zero-order chi connectivity index (χ0) is 15.4. The molecule has 0 amide bonds. The number of nitrogens with zero attached hydrogens (tertiary/aromatic N) is 1. The molecule has 0 bridgehead atoms. The second-order valence-corrected chi connectivity index (χ2v) is 6.48. The van der Waals surface area contributed by atoms with Crippen molar-refractivity contribution in [1.82, 2.24) is 10.2 Å². The molecular formula is C18H29FN2. The van der Waals surface area contributed by atoms with Gasteiger partial charge in [-0.25, -0.2) is 4.39 Å². The van der Waals surface area contributed by atoms with Gasteiger partial charge in [-0.3, -0.25) is 0 Å². The summed E-state index contributed by atoms with van der Waals surface area (Å²) < 4.78 is 13.7. The normalized spacial score (nSPS) is 23.0. The first-order valence-corrected chi connectivity index (χ1v) is 8.25. The molecule has 0 saturated carbocycles. The molecule has 1 fully saturated rings. The fourth-order valence-electron chi connectivity index (χ4n) is 3.29. The van der Waals surface area contributed by atoms with E-state index in [-0.39, 0.29) is 11.9 Å². The third-order valence-electron chi connectivity index (χ3n) is 4.91. The SMILES string of the molecule is CCN1CCCC(C(C)NC(C)c2ccc(C)c(F)c2)C1. The number of halogens is 1. The zero-order valence-electron chi connectivity index (χ0n) is 13.8. The van der Waals surface area contributed by atoms with Crippen molar-refractivity contribution >= 4 is 0 Å². The van der Waals surface area contributed by atoms with E-state index < -0.39 is 0 Å². The van der Waals surface area contributed by atoms with E-state index >= 15 is 0 Å². The van der Waals surface area contributed by atoms with Crippen LogP contribution in [-0.2, 0) is 0 Å². The van der Waals surface area contributed by atoms with Gasteiger partial charge >= 0.3 is 0 Å². The molecule has 2 nitrogen and oxygen atoms in total. The fourth-order valence-corrected chi connectivity index (χ4v) is 3.29. The Bertz CT molecular complexity index is 461. The smallest absolute Gasteiger partial charge is 0.126 e. The Hall–Kier alpha value is -0.930. The zero-order valence-corrected chi connectivity index (χ0v) is 13.8. The van der Waals surface area contributed by atoms with Crippen LogP contribution in [0.2, 0.25) is 0 Å². The molecule has 0 aromatic heterocycles. The Morgan fingerprint density at radius 2 is 2.14 bits per heavy atom. The minimum Gasteiger partial charge on any atom is -0.307 e. The number of hydrogen-bond donors (Lipinski definition) is 1. The molecule has 0 aliphatic carbocycles. The maximum atomic E-state index is 13.7. The van der Waals surface area contributed by atoms with Crippen molar-refractivity contribution in [2.75, 3.05) is 19.6 Å². The summed E-state index contributed by atoms with van der Waals surface area (Å²) in [5.74, 6) is 0.583. The van der Waals surface area contributed by atoms with Crippen LogP contribution in [0.1, 0.15) is 50.8 Å². The molecule has 1 aromatic rings. The monoisotopic (exact) mass is 292 g/mol. The third-order valence-corrected chi connectivity index (χ3v) is 4.91. The van der Waals surface area contributed by atoms with Crippen LogP contribution in [-0.4, -0.2) is 30.6 Å². The van der Waals surface area contributed by atoms with Gasteiger partial charge in [-0.2, -0.15) is 0 Å². The summed E-state index contributed by atoms with van der Waals surface area (Å²) in [5, 5.41) is 3.66. The fraction of sp³-hybridized carbons (Fsp3) is 0.667. The molecule has 118 valence electrons. The number of piperidine rings is 1. The second kappa shape index (κ2) is 7.37. The average Bonchev–Trinajstić information content (AvgIpc) is 2.49. The molecule has 21 heavy (non-hydrogen) atoms. The van der Waals surface area contributed by atoms with Crippen molar-refractivity contribution in [2.45, 2.75) is 52.6 Å². The first-order valence-electron chi connectivity index (χ1n) is 8.25. The number of nitrogens with one attached hydrogen (secondary N) is 1. The quantitative estimate of drug-likeness (QED) is 0.885. The van der Waals surface area contributed by atoms with Crippen LogP contribution in [0, 0.1) is 18.7 Å². The number of hydrogen-bond acceptors (Lipinski definition) is 2. The van der Waals surface area contributed by atoms with Crippen LogP contribution in [0.4, 0.5) is 4.39 Å². The van der Waals surface area contributed by atoms with Gasteiger partial charge in [0.15, 0.2) is 0 Å². The lowest BCUT2D eigenvalue weighted by Gasteiger charge is -2.36. The topological polar surface area (TPSA) is 15.3 Å². The molecule has 3 heteroatoms. The van der Waals surface area contributed by atoms with Crippen molar-refractivity contribution < 1.29 is 4.39 Å². The number of aryl methyl sites for hydroxylation is 1. The van der Waals surface area contributed by atoms with Crippen LogP contribution < -0.4 is 5.32 Å². The van der Waals surface area contributed by atoms with Crippen LogP contribution in [0.15, 0.2) is 18.2 Å². The molecule has 1 heterocycles. The summed E-state index contributed by atoms with van der Waals surface area (Å²) in [6, 6.07) is 6.21. The van der Waals surface area contributed by atoms with E-state index in [2.05, 4.69) is 31.0 Å². The van der Waals surface area contributed by atoms with Crippen LogP contribution in [0.3, 0.4) is 0 Å². The van der Waals surface area contributed by atoms with E-state index in [1.807, 2.05) is 12.1 Å². The van der Waals surface area contributed by atoms with Crippen molar-refractivity contribution in [2.24, 2.45) is 5.92 Å². The molecule has 3 unspecified atom stereocenters. The first kappa shape index (κ1) is 16.4. The van der Waals surface area contributed by atoms with Gasteiger partial charge in [0.05, 0.1) is 0 Å². The minimum atomic E-state index is -0.108. The van der Waals surface area contributed by atoms with E-state index in [0.717, 1.165) is 12.1 Å². The Morgan fingerprint density at radius 1 is 1.38 bits per heavy atom. The molecular weight excluding hydrogens is 263 g/mol. The minimum absolute atomic E-state index is 0.108. The summed E-state index contributed by atoms with van der Waals surface area (Å²) in [5.41, 5.74) is 1.75. The van der Waals surface area contributed by atoms with E-state index in [1.165, 1.54) is 25.9 Å². The predicted octanol–water partition coefficient (Wildman–Crippen LogP) is 3.91. The summed E-state index contributed by atoms with van der Waals surface area (Å²) in [6.45, 7) is 12.0. The standard InChI is InChI=1S/C18H29FN2/c1-5-21-10-6-7-17(12-21)15(4)20-14(3)16-9-8-13(2)18(19)11-16/h8-9,11,14-15,17,20H,5-7,10,12H2,1-4H3. The van der Waals surface area contributed by atoms with E-state index in [4.69, 9.17) is 0 Å².